The fraction of sp³-hybridized carbons (Fsp3) is 0. The van der Waals surface area contributed by atoms with Crippen LogP contribution in [-0.4, -0.2) is 23.5 Å². The highest BCUT2D eigenvalue weighted by Gasteiger charge is 2.17. The molecule has 7 heteroatoms. The Morgan fingerprint density at radius 1 is 1.43 bits per heavy atom. The number of phenolic OH excluding ortho intramolecular Hbond substituents is 1. The standard InChI is InChI=1S/C7H5ClN2O3S/c8-14(12,13)7-2-5-4(1-6(7)11)9-3-10-5/h1-3,11H,(H,9,10). The van der Waals surface area contributed by atoms with Crippen LogP contribution in [0.25, 0.3) is 11.0 Å². The van der Waals surface area contributed by atoms with E-state index in [0.717, 1.165) is 0 Å². The smallest absolute Gasteiger partial charge is 0.265 e. The SMILES string of the molecule is O=S(=O)(Cl)c1cc2[nH]cnc2cc1O. The van der Waals surface area contributed by atoms with Crippen molar-refractivity contribution >= 4 is 30.8 Å². The van der Waals surface area contributed by atoms with Crippen LogP contribution in [0.5, 0.6) is 5.75 Å². The normalized spacial score (nSPS) is 12.1. The Morgan fingerprint density at radius 2 is 2.14 bits per heavy atom. The number of hydrogen-bond donors (Lipinski definition) is 2. The number of H-pyrrole nitrogens is 1. The van der Waals surface area contributed by atoms with Crippen LogP contribution in [-0.2, 0) is 9.05 Å². The minimum absolute atomic E-state index is 0.323. The zero-order chi connectivity index (χ0) is 10.3. The van der Waals surface area contributed by atoms with Crippen LogP contribution in [0.2, 0.25) is 0 Å². The maximum Gasteiger partial charge on any atom is 0.265 e. The van der Waals surface area contributed by atoms with Crippen LogP contribution in [0.4, 0.5) is 0 Å². The van der Waals surface area contributed by atoms with Crippen molar-refractivity contribution in [2.45, 2.75) is 4.90 Å². The third-order valence-electron chi connectivity index (χ3n) is 1.76. The van der Waals surface area contributed by atoms with Crippen LogP contribution >= 0.6 is 10.7 Å². The monoisotopic (exact) mass is 232 g/mol. The zero-order valence-corrected chi connectivity index (χ0v) is 8.30. The van der Waals surface area contributed by atoms with Crippen molar-refractivity contribution in [1.29, 1.82) is 0 Å². The van der Waals surface area contributed by atoms with Crippen LogP contribution < -0.4 is 0 Å². The Balaban J connectivity index is 2.84. The van der Waals surface area contributed by atoms with E-state index < -0.39 is 14.8 Å². The Kier molecular flexibility index (Phi) is 1.90. The molecule has 74 valence electrons. The van der Waals surface area contributed by atoms with E-state index in [9.17, 15) is 13.5 Å². The molecule has 2 rings (SSSR count). The number of halogens is 1. The summed E-state index contributed by atoms with van der Waals surface area (Å²) in [6.07, 6.45) is 1.40. The molecule has 2 aromatic rings. The van der Waals surface area contributed by atoms with Gasteiger partial charge in [-0.2, -0.15) is 0 Å². The molecule has 14 heavy (non-hydrogen) atoms. The molecule has 5 nitrogen and oxygen atoms in total. The number of benzene rings is 1. The molecule has 0 aliphatic carbocycles. The molecule has 0 radical (unpaired) electrons. The van der Waals surface area contributed by atoms with Crippen molar-refractivity contribution in [2.75, 3.05) is 0 Å². The molecule has 1 heterocycles. The average molecular weight is 233 g/mol. The van der Waals surface area contributed by atoms with E-state index in [-0.39, 0.29) is 4.90 Å². The van der Waals surface area contributed by atoms with Gasteiger partial charge >= 0.3 is 0 Å². The summed E-state index contributed by atoms with van der Waals surface area (Å²) >= 11 is 0. The number of imidazole rings is 1. The Hall–Kier alpha value is -1.27. The van der Waals surface area contributed by atoms with Crippen LogP contribution in [0.1, 0.15) is 0 Å². The first-order valence-electron chi connectivity index (χ1n) is 3.59. The summed E-state index contributed by atoms with van der Waals surface area (Å²) in [6.45, 7) is 0. The van der Waals surface area contributed by atoms with E-state index in [0.29, 0.717) is 11.0 Å². The summed E-state index contributed by atoms with van der Waals surface area (Å²) in [5.41, 5.74) is 0.980. The number of rotatable bonds is 1. The predicted octanol–water partition coefficient (Wildman–Crippen LogP) is 1.20. The van der Waals surface area contributed by atoms with Crippen molar-refractivity contribution in [2.24, 2.45) is 0 Å². The van der Waals surface area contributed by atoms with Gasteiger partial charge in [0.25, 0.3) is 9.05 Å². The van der Waals surface area contributed by atoms with Gasteiger partial charge in [0.15, 0.2) is 0 Å². The molecule has 0 unspecified atom stereocenters. The molecular weight excluding hydrogens is 228 g/mol. The summed E-state index contributed by atoms with van der Waals surface area (Å²) in [6, 6.07) is 2.47. The van der Waals surface area contributed by atoms with Crippen LogP contribution in [0.15, 0.2) is 23.4 Å². The highest BCUT2D eigenvalue weighted by molar-refractivity contribution is 8.13. The molecule has 1 aromatic carbocycles. The number of aromatic nitrogens is 2. The second-order valence-corrected chi connectivity index (χ2v) is 5.21. The summed E-state index contributed by atoms with van der Waals surface area (Å²) in [4.78, 5) is 6.24. The minimum atomic E-state index is -3.93. The third-order valence-corrected chi connectivity index (χ3v) is 3.11. The molecule has 0 spiro atoms. The summed E-state index contributed by atoms with van der Waals surface area (Å²) in [5.74, 6) is -0.403. The Labute approximate surface area is 83.8 Å². The second-order valence-electron chi connectivity index (χ2n) is 2.68. The summed E-state index contributed by atoms with van der Waals surface area (Å²) < 4.78 is 22.0. The lowest BCUT2D eigenvalue weighted by atomic mass is 10.3. The second kappa shape index (κ2) is 2.86. The van der Waals surface area contributed by atoms with Gasteiger partial charge in [0, 0.05) is 16.7 Å². The van der Waals surface area contributed by atoms with Gasteiger partial charge in [0.2, 0.25) is 0 Å². The van der Waals surface area contributed by atoms with Gasteiger partial charge in [-0.3, -0.25) is 0 Å². The number of aromatic amines is 1. The predicted molar refractivity (Wildman–Crippen MR) is 50.8 cm³/mol. The van der Waals surface area contributed by atoms with Gasteiger partial charge in [-0.05, 0) is 6.07 Å². The molecule has 0 bridgehead atoms. The molecule has 0 aliphatic rings. The minimum Gasteiger partial charge on any atom is -0.506 e. The Morgan fingerprint density at radius 3 is 2.79 bits per heavy atom. The van der Waals surface area contributed by atoms with E-state index in [4.69, 9.17) is 10.7 Å². The lowest BCUT2D eigenvalue weighted by Crippen LogP contribution is -1.91. The number of hydrogen-bond acceptors (Lipinski definition) is 4. The molecule has 0 saturated heterocycles. The fourth-order valence-corrected chi connectivity index (χ4v) is 2.08. The number of fused-ring (bicyclic) bond motifs is 1. The molecular formula is C7H5ClN2O3S. The molecule has 1 aromatic heterocycles. The quantitative estimate of drug-likeness (QED) is 0.724. The van der Waals surface area contributed by atoms with Crippen molar-refractivity contribution < 1.29 is 13.5 Å². The van der Waals surface area contributed by atoms with Gasteiger partial charge in [0.05, 0.1) is 17.4 Å². The van der Waals surface area contributed by atoms with Crippen LogP contribution in [0.3, 0.4) is 0 Å². The zero-order valence-electron chi connectivity index (χ0n) is 6.73. The van der Waals surface area contributed by atoms with Gasteiger partial charge in [-0.15, -0.1) is 0 Å². The maximum absolute atomic E-state index is 11.0. The summed E-state index contributed by atoms with van der Waals surface area (Å²) in [5, 5.41) is 9.35. The van der Waals surface area contributed by atoms with Crippen LogP contribution in [0, 0.1) is 0 Å². The van der Waals surface area contributed by atoms with Crippen molar-refractivity contribution in [3.8, 4) is 5.75 Å². The lowest BCUT2D eigenvalue weighted by molar-refractivity contribution is 0.460. The highest BCUT2D eigenvalue weighted by Crippen LogP contribution is 2.29. The average Bonchev–Trinajstić information content (AvgIpc) is 2.47. The number of aromatic hydroxyl groups is 1. The molecule has 0 amide bonds. The molecule has 2 N–H and O–H groups in total. The van der Waals surface area contributed by atoms with Crippen molar-refractivity contribution in [3.05, 3.63) is 18.5 Å². The number of nitrogens with one attached hydrogen (secondary N) is 1. The first-order valence-corrected chi connectivity index (χ1v) is 5.90. The lowest BCUT2D eigenvalue weighted by Gasteiger charge is -1.99. The molecule has 0 atom stereocenters. The van der Waals surface area contributed by atoms with E-state index >= 15 is 0 Å². The van der Waals surface area contributed by atoms with Gasteiger partial charge in [-0.1, -0.05) is 0 Å². The first-order chi connectivity index (χ1) is 6.48. The molecule has 0 aliphatic heterocycles. The van der Waals surface area contributed by atoms with E-state index in [1.165, 1.54) is 18.5 Å². The number of nitrogens with zero attached hydrogens (tertiary/aromatic N) is 1. The fourth-order valence-electron chi connectivity index (χ4n) is 1.15. The van der Waals surface area contributed by atoms with Crippen molar-refractivity contribution in [1.82, 2.24) is 9.97 Å². The number of phenols is 1. The largest absolute Gasteiger partial charge is 0.506 e. The third kappa shape index (κ3) is 1.42. The first kappa shape index (κ1) is 9.29. The topological polar surface area (TPSA) is 83.0 Å². The summed E-state index contributed by atoms with van der Waals surface area (Å²) in [7, 11) is 1.18. The van der Waals surface area contributed by atoms with Gasteiger partial charge in [-0.25, -0.2) is 13.4 Å². The molecule has 0 saturated carbocycles. The van der Waals surface area contributed by atoms with E-state index in [1.807, 2.05) is 0 Å². The highest BCUT2D eigenvalue weighted by atomic mass is 35.7. The van der Waals surface area contributed by atoms with E-state index in [1.54, 1.807) is 0 Å². The van der Waals surface area contributed by atoms with E-state index in [2.05, 4.69) is 9.97 Å². The molecule has 0 fully saturated rings. The maximum atomic E-state index is 11.0. The van der Waals surface area contributed by atoms with Crippen molar-refractivity contribution in [3.63, 3.8) is 0 Å². The Bertz CT molecular complexity index is 590. The van der Waals surface area contributed by atoms with Gasteiger partial charge in [0.1, 0.15) is 10.6 Å². The van der Waals surface area contributed by atoms with Gasteiger partial charge < -0.3 is 10.1 Å².